The Morgan fingerprint density at radius 1 is 1.37 bits per heavy atom. The normalized spacial score (nSPS) is 19.0. The lowest BCUT2D eigenvalue weighted by molar-refractivity contribution is 0.547. The van der Waals surface area contributed by atoms with Crippen molar-refractivity contribution >= 4 is 33.0 Å². The minimum absolute atomic E-state index is 0.561. The summed E-state index contributed by atoms with van der Waals surface area (Å²) in [6.07, 6.45) is 1.19. The predicted molar refractivity (Wildman–Crippen MR) is 83.7 cm³/mol. The van der Waals surface area contributed by atoms with Crippen LogP contribution in [0.2, 0.25) is 0 Å². The number of anilines is 1. The number of benzene rings is 1. The van der Waals surface area contributed by atoms with E-state index < -0.39 is 0 Å². The van der Waals surface area contributed by atoms with Crippen molar-refractivity contribution in [3.8, 4) is 0 Å². The third-order valence-electron chi connectivity index (χ3n) is 3.44. The van der Waals surface area contributed by atoms with E-state index in [1.807, 2.05) is 5.51 Å². The number of aromatic nitrogens is 1. The lowest BCUT2D eigenvalue weighted by Gasteiger charge is -2.19. The van der Waals surface area contributed by atoms with Gasteiger partial charge in [-0.2, -0.15) is 0 Å². The van der Waals surface area contributed by atoms with Crippen LogP contribution in [-0.2, 0) is 6.54 Å². The third-order valence-corrected chi connectivity index (χ3v) is 4.60. The number of hydrogen-bond donors (Lipinski definition) is 1. The maximum absolute atomic E-state index is 4.30. The van der Waals surface area contributed by atoms with Gasteiger partial charge in [0.15, 0.2) is 0 Å². The summed E-state index contributed by atoms with van der Waals surface area (Å²) in [5, 5.41) is 5.69. The predicted octanol–water partition coefficient (Wildman–Crippen LogP) is 3.27. The van der Waals surface area contributed by atoms with Crippen LogP contribution in [0.1, 0.15) is 12.1 Å². The third kappa shape index (κ3) is 3.35. The minimum atomic E-state index is 0.561. The molecule has 2 aromatic rings. The maximum Gasteiger partial charge on any atom is 0.0795 e. The van der Waals surface area contributed by atoms with Crippen LogP contribution >= 0.6 is 27.3 Å². The molecule has 0 bridgehead atoms. The van der Waals surface area contributed by atoms with Gasteiger partial charge in [0, 0.05) is 41.2 Å². The lowest BCUT2D eigenvalue weighted by atomic mass is 10.2. The number of hydrogen-bond acceptors (Lipinski definition) is 4. The second kappa shape index (κ2) is 6.03. The smallest absolute Gasteiger partial charge is 0.0795 e. The van der Waals surface area contributed by atoms with E-state index in [0.29, 0.717) is 6.04 Å². The minimum Gasteiger partial charge on any atom is -0.370 e. The molecule has 5 heteroatoms. The van der Waals surface area contributed by atoms with E-state index in [0.717, 1.165) is 29.8 Å². The SMILES string of the molecule is Brc1ccc(N2CC[C@@H](NCc3cscn3)C2)cc1. The van der Waals surface area contributed by atoms with Gasteiger partial charge in [0.2, 0.25) is 0 Å². The number of halogens is 1. The fourth-order valence-electron chi connectivity index (χ4n) is 2.39. The second-order valence-electron chi connectivity index (χ2n) is 4.77. The van der Waals surface area contributed by atoms with Gasteiger partial charge >= 0.3 is 0 Å². The molecule has 1 fully saturated rings. The van der Waals surface area contributed by atoms with Gasteiger partial charge in [-0.25, -0.2) is 4.98 Å². The first kappa shape index (κ1) is 13.1. The molecule has 0 saturated carbocycles. The first-order valence-corrected chi connectivity index (χ1v) is 8.16. The van der Waals surface area contributed by atoms with Gasteiger partial charge in [-0.05, 0) is 30.7 Å². The number of nitrogens with one attached hydrogen (secondary N) is 1. The topological polar surface area (TPSA) is 28.2 Å². The number of nitrogens with zero attached hydrogens (tertiary/aromatic N) is 2. The highest BCUT2D eigenvalue weighted by Gasteiger charge is 2.22. The van der Waals surface area contributed by atoms with Crippen LogP contribution in [0.15, 0.2) is 39.6 Å². The quantitative estimate of drug-likeness (QED) is 0.927. The molecule has 2 heterocycles. The van der Waals surface area contributed by atoms with Crippen molar-refractivity contribution in [2.75, 3.05) is 18.0 Å². The monoisotopic (exact) mass is 337 g/mol. The highest BCUT2D eigenvalue weighted by atomic mass is 79.9. The van der Waals surface area contributed by atoms with E-state index in [1.54, 1.807) is 11.3 Å². The van der Waals surface area contributed by atoms with E-state index in [4.69, 9.17) is 0 Å². The summed E-state index contributed by atoms with van der Waals surface area (Å²) < 4.78 is 1.13. The summed E-state index contributed by atoms with van der Waals surface area (Å²) in [5.74, 6) is 0. The van der Waals surface area contributed by atoms with Crippen LogP contribution < -0.4 is 10.2 Å². The summed E-state index contributed by atoms with van der Waals surface area (Å²) in [5.41, 5.74) is 4.34. The van der Waals surface area contributed by atoms with Gasteiger partial charge in [-0.3, -0.25) is 0 Å². The Labute approximate surface area is 125 Å². The highest BCUT2D eigenvalue weighted by molar-refractivity contribution is 9.10. The average Bonchev–Trinajstić information content (AvgIpc) is 3.09. The zero-order valence-electron chi connectivity index (χ0n) is 10.6. The largest absolute Gasteiger partial charge is 0.370 e. The molecule has 100 valence electrons. The Bertz CT molecular complexity index is 512. The van der Waals surface area contributed by atoms with E-state index in [1.165, 1.54) is 12.1 Å². The fourth-order valence-corrected chi connectivity index (χ4v) is 3.21. The molecule has 3 nitrogen and oxygen atoms in total. The van der Waals surface area contributed by atoms with Gasteiger partial charge in [0.1, 0.15) is 0 Å². The van der Waals surface area contributed by atoms with E-state index >= 15 is 0 Å². The Balaban J connectivity index is 1.53. The Kier molecular flexibility index (Phi) is 4.15. The molecular formula is C14H16BrN3S. The molecule has 1 atom stereocenters. The molecule has 0 spiro atoms. The fraction of sp³-hybridized carbons (Fsp3) is 0.357. The van der Waals surface area contributed by atoms with Crippen molar-refractivity contribution in [1.82, 2.24) is 10.3 Å². The van der Waals surface area contributed by atoms with Crippen molar-refractivity contribution in [1.29, 1.82) is 0 Å². The molecule has 0 amide bonds. The van der Waals surface area contributed by atoms with E-state index in [9.17, 15) is 0 Å². The van der Waals surface area contributed by atoms with Crippen LogP contribution in [0.5, 0.6) is 0 Å². The molecule has 1 saturated heterocycles. The lowest BCUT2D eigenvalue weighted by Crippen LogP contribution is -2.32. The number of rotatable bonds is 4. The van der Waals surface area contributed by atoms with Crippen LogP contribution in [0.25, 0.3) is 0 Å². The molecule has 1 aliphatic rings. The summed E-state index contributed by atoms with van der Waals surface area (Å²) in [6, 6.07) is 9.11. The Morgan fingerprint density at radius 2 is 2.21 bits per heavy atom. The molecule has 1 aromatic heterocycles. The summed E-state index contributed by atoms with van der Waals surface area (Å²) in [6.45, 7) is 3.07. The van der Waals surface area contributed by atoms with Crippen LogP contribution in [0.4, 0.5) is 5.69 Å². The highest BCUT2D eigenvalue weighted by Crippen LogP contribution is 2.22. The van der Waals surface area contributed by atoms with Crippen LogP contribution in [-0.4, -0.2) is 24.1 Å². The molecule has 1 N–H and O–H groups in total. The molecule has 19 heavy (non-hydrogen) atoms. The summed E-state index contributed by atoms with van der Waals surface area (Å²) in [7, 11) is 0. The molecule has 0 unspecified atom stereocenters. The van der Waals surface area contributed by atoms with Crippen molar-refractivity contribution in [3.63, 3.8) is 0 Å². The second-order valence-corrected chi connectivity index (χ2v) is 6.40. The van der Waals surface area contributed by atoms with Crippen molar-refractivity contribution in [3.05, 3.63) is 45.3 Å². The van der Waals surface area contributed by atoms with Crippen molar-refractivity contribution < 1.29 is 0 Å². The van der Waals surface area contributed by atoms with Crippen LogP contribution in [0.3, 0.4) is 0 Å². The first-order valence-electron chi connectivity index (χ1n) is 6.42. The van der Waals surface area contributed by atoms with E-state index in [2.05, 4.69) is 60.8 Å². The summed E-state index contributed by atoms with van der Waals surface area (Å²) >= 11 is 5.13. The molecule has 3 rings (SSSR count). The zero-order valence-corrected chi connectivity index (χ0v) is 13.0. The molecular weight excluding hydrogens is 322 g/mol. The van der Waals surface area contributed by atoms with Gasteiger partial charge in [-0.1, -0.05) is 15.9 Å². The molecule has 1 aliphatic heterocycles. The summed E-state index contributed by atoms with van der Waals surface area (Å²) in [4.78, 5) is 6.74. The molecule has 0 aliphatic carbocycles. The Hall–Kier alpha value is -0.910. The Morgan fingerprint density at radius 3 is 2.95 bits per heavy atom. The molecule has 0 radical (unpaired) electrons. The first-order chi connectivity index (χ1) is 9.31. The van der Waals surface area contributed by atoms with Crippen LogP contribution in [0, 0.1) is 0 Å². The van der Waals surface area contributed by atoms with Gasteiger partial charge in [0.05, 0.1) is 11.2 Å². The molecule has 1 aromatic carbocycles. The van der Waals surface area contributed by atoms with Gasteiger partial charge in [0.25, 0.3) is 0 Å². The van der Waals surface area contributed by atoms with Crippen molar-refractivity contribution in [2.45, 2.75) is 19.0 Å². The maximum atomic E-state index is 4.30. The van der Waals surface area contributed by atoms with E-state index in [-0.39, 0.29) is 0 Å². The number of thiazole rings is 1. The average molecular weight is 338 g/mol. The van der Waals surface area contributed by atoms with Crippen molar-refractivity contribution in [2.24, 2.45) is 0 Å². The van der Waals surface area contributed by atoms with Gasteiger partial charge in [-0.15, -0.1) is 11.3 Å². The zero-order chi connectivity index (χ0) is 13.1. The van der Waals surface area contributed by atoms with Gasteiger partial charge < -0.3 is 10.2 Å². The standard InChI is InChI=1S/C14H16BrN3S/c15-11-1-3-14(4-2-11)18-6-5-12(8-18)16-7-13-9-19-10-17-13/h1-4,9-10,12,16H,5-8H2/t12-/m1/s1.